The van der Waals surface area contributed by atoms with Gasteiger partial charge >= 0.3 is 17.9 Å². The first kappa shape index (κ1) is 49.6. The second-order valence-electron chi connectivity index (χ2n) is 17.0. The van der Waals surface area contributed by atoms with Gasteiger partial charge in [0.2, 0.25) is 0 Å². The Morgan fingerprint density at radius 1 is 1.02 bits per heavy atom. The number of cyclic esters (lactones) is 1. The summed E-state index contributed by atoms with van der Waals surface area (Å²) in [6, 6.07) is -0.782. The van der Waals surface area contributed by atoms with Crippen molar-refractivity contribution in [3.8, 4) is 0 Å². The predicted molar refractivity (Wildman–Crippen MR) is 210 cm³/mol. The van der Waals surface area contributed by atoms with Crippen LogP contribution >= 0.6 is 0 Å². The number of esters is 3. The van der Waals surface area contributed by atoms with Crippen molar-refractivity contribution in [3.63, 3.8) is 0 Å². The van der Waals surface area contributed by atoms with E-state index in [1.165, 1.54) is 14.0 Å². The smallest absolute Gasteiger partial charge is 0.309 e. The average Bonchev–Trinajstić information content (AvgIpc) is 3.09. The van der Waals surface area contributed by atoms with E-state index < -0.39 is 121 Å². The first-order valence-corrected chi connectivity index (χ1v) is 20.4. The Balaban J connectivity index is 1.98. The van der Waals surface area contributed by atoms with Gasteiger partial charge in [-0.2, -0.15) is 0 Å². The fourth-order valence-electron chi connectivity index (χ4n) is 8.08. The number of carbonyl (C=O) groups excluding carboxylic acids is 4. The molecule has 2 saturated heterocycles. The van der Waals surface area contributed by atoms with Gasteiger partial charge in [0.1, 0.15) is 42.4 Å². The van der Waals surface area contributed by atoms with Crippen LogP contribution in [0.4, 0.5) is 0 Å². The van der Waals surface area contributed by atoms with Crippen LogP contribution in [0.3, 0.4) is 0 Å². The second kappa shape index (κ2) is 22.7. The minimum absolute atomic E-state index is 0.0460. The molecule has 16 heteroatoms. The molecule has 3 aliphatic rings. The van der Waals surface area contributed by atoms with E-state index in [0.29, 0.717) is 12.7 Å². The quantitative estimate of drug-likeness (QED) is 0.147. The number of aliphatic hydroxyl groups is 3. The number of aldehydes is 1. The van der Waals surface area contributed by atoms with Crippen molar-refractivity contribution in [2.75, 3.05) is 21.2 Å². The highest BCUT2D eigenvalue weighted by Crippen LogP contribution is 2.38. The number of nitrogens with zero attached hydrogens (tertiary/aromatic N) is 1. The van der Waals surface area contributed by atoms with Crippen LogP contribution in [-0.2, 0) is 57.1 Å². The number of aliphatic hydroxyl groups excluding tert-OH is 2. The van der Waals surface area contributed by atoms with Gasteiger partial charge in [-0.3, -0.25) is 14.4 Å². The lowest BCUT2D eigenvalue weighted by molar-refractivity contribution is -0.344. The van der Waals surface area contributed by atoms with Gasteiger partial charge in [0.05, 0.1) is 36.9 Å². The number of carbonyl (C=O) groups is 4. The molecular formula is C42H69NO15. The minimum atomic E-state index is -1.50. The first-order valence-electron chi connectivity index (χ1n) is 20.4. The van der Waals surface area contributed by atoms with Gasteiger partial charge in [0.15, 0.2) is 18.7 Å². The topological polar surface area (TPSA) is 206 Å². The third-order valence-electron chi connectivity index (χ3n) is 10.9. The summed E-state index contributed by atoms with van der Waals surface area (Å²) in [5.41, 5.74) is -1.50. The van der Waals surface area contributed by atoms with Crippen LogP contribution < -0.4 is 0 Å². The van der Waals surface area contributed by atoms with Gasteiger partial charge in [-0.05, 0) is 66.0 Å². The lowest BCUT2D eigenvalue weighted by Gasteiger charge is -2.50. The Morgan fingerprint density at radius 2 is 1.71 bits per heavy atom. The predicted octanol–water partition coefficient (Wildman–Crippen LogP) is 3.01. The second-order valence-corrected chi connectivity index (χ2v) is 17.0. The minimum Gasteiger partial charge on any atom is -0.462 e. The van der Waals surface area contributed by atoms with E-state index in [4.69, 9.17) is 37.9 Å². The van der Waals surface area contributed by atoms with E-state index in [0.717, 1.165) is 0 Å². The zero-order valence-electron chi connectivity index (χ0n) is 36.1. The number of hydrogen-bond donors (Lipinski definition) is 3. The van der Waals surface area contributed by atoms with Crippen molar-refractivity contribution in [2.45, 2.75) is 179 Å². The summed E-state index contributed by atoms with van der Waals surface area (Å²) in [6.45, 7) is 13.5. The van der Waals surface area contributed by atoms with Crippen molar-refractivity contribution in [1.82, 2.24) is 4.90 Å². The average molecular weight is 828 g/mol. The van der Waals surface area contributed by atoms with Crippen LogP contribution in [0.1, 0.15) is 93.9 Å². The Labute approximate surface area is 343 Å². The number of methoxy groups -OCH3 is 1. The Kier molecular flexibility index (Phi) is 19.4. The van der Waals surface area contributed by atoms with Crippen LogP contribution in [-0.4, -0.2) is 151 Å². The normalized spacial score (nSPS) is 40.7. The third-order valence-corrected chi connectivity index (χ3v) is 10.9. The number of allylic oxidation sites excluding steroid dienone is 2. The van der Waals surface area contributed by atoms with Crippen molar-refractivity contribution in [2.24, 2.45) is 17.8 Å². The summed E-state index contributed by atoms with van der Waals surface area (Å²) >= 11 is 0. The zero-order valence-corrected chi connectivity index (χ0v) is 36.1. The number of likely N-dealkylation sites (N-methyl/N-ethyl adjacent to an activating group) is 1. The molecule has 0 aromatic rings. The Morgan fingerprint density at radius 3 is 2.29 bits per heavy atom. The molecule has 16 nitrogen and oxygen atoms in total. The van der Waals surface area contributed by atoms with Crippen LogP contribution in [0.25, 0.3) is 0 Å². The molecule has 2 fully saturated rings. The van der Waals surface area contributed by atoms with Crippen molar-refractivity contribution in [3.05, 3.63) is 24.3 Å². The van der Waals surface area contributed by atoms with Crippen molar-refractivity contribution >= 4 is 24.2 Å². The van der Waals surface area contributed by atoms with Crippen LogP contribution in [0.15, 0.2) is 24.3 Å². The zero-order chi connectivity index (χ0) is 43.5. The summed E-state index contributed by atoms with van der Waals surface area (Å²) in [4.78, 5) is 52.3. The van der Waals surface area contributed by atoms with E-state index in [1.54, 1.807) is 71.0 Å². The number of hydrogen-bond acceptors (Lipinski definition) is 16. The molecule has 0 aromatic heterocycles. The lowest BCUT2D eigenvalue weighted by Crippen LogP contribution is -2.66. The van der Waals surface area contributed by atoms with Crippen molar-refractivity contribution in [1.29, 1.82) is 0 Å². The molecule has 0 aromatic carbocycles. The van der Waals surface area contributed by atoms with Crippen LogP contribution in [0.5, 0.6) is 0 Å². The summed E-state index contributed by atoms with van der Waals surface area (Å²) in [5.74, 6) is -2.82. The Bertz CT molecular complexity index is 1390. The van der Waals surface area contributed by atoms with Crippen molar-refractivity contribution < 1.29 is 72.4 Å². The fourth-order valence-corrected chi connectivity index (χ4v) is 8.08. The summed E-state index contributed by atoms with van der Waals surface area (Å²) in [5, 5.41) is 34.6. The standard InChI is InChI=1S/C42H69NO15/c1-23(2)19-32(47)56-40-27(6)53-34(22-42(40,8)50)57-37-26(5)54-41(36(49)35(37)43(9)10)58-38-29(17-18-44)20-24(3)30(46)16-14-12-13-15-25(4)52-33(48)21-31(39(38)51-11)55-28(7)45/h12-14,16,18,23-27,29-31,34-41,46,49-50H,15,17,19-22H2,1-11H3/b13-12-,16-14-/t24-,25-,26-,27+,29+,30+,31-,34-,35-,36+,37+,38+,39-,40-,41+,42+/m1/s1. The van der Waals surface area contributed by atoms with E-state index in [-0.39, 0.29) is 31.6 Å². The van der Waals surface area contributed by atoms with E-state index in [9.17, 15) is 34.5 Å². The molecule has 0 saturated carbocycles. The SMILES string of the molecule is CO[C@H]1[C@@H](O[C@@H]2O[C@H](C)[C@H](O[C@@H]3C[C@](C)(O)[C@H](OC(=O)CC(C)C)[C@H](C)O3)[C@H](N(C)C)[C@@H]2O)[C@@H](CC=O)C[C@@H](C)[C@@H](O)/C=C\C=C/C[C@@H](C)OC(=O)C[C@H]1OC(C)=O. The molecule has 0 unspecified atom stereocenters. The van der Waals surface area contributed by atoms with E-state index in [2.05, 4.69) is 0 Å². The molecule has 0 bridgehead atoms. The van der Waals surface area contributed by atoms with Gasteiger partial charge in [-0.15, -0.1) is 0 Å². The highest BCUT2D eigenvalue weighted by molar-refractivity contribution is 5.72. The molecule has 0 amide bonds. The highest BCUT2D eigenvalue weighted by atomic mass is 16.7. The molecule has 0 spiro atoms. The highest BCUT2D eigenvalue weighted by Gasteiger charge is 2.53. The molecule has 0 radical (unpaired) electrons. The van der Waals surface area contributed by atoms with E-state index >= 15 is 0 Å². The van der Waals surface area contributed by atoms with Gasteiger partial charge in [0, 0.05) is 39.7 Å². The largest absolute Gasteiger partial charge is 0.462 e. The maximum absolute atomic E-state index is 13.2. The lowest BCUT2D eigenvalue weighted by atomic mass is 9.82. The van der Waals surface area contributed by atoms with E-state index in [1.807, 2.05) is 20.8 Å². The maximum Gasteiger partial charge on any atom is 0.309 e. The molecule has 3 rings (SSSR count). The molecular weight excluding hydrogens is 758 g/mol. The molecule has 3 heterocycles. The summed E-state index contributed by atoms with van der Waals surface area (Å²) in [7, 11) is 4.86. The molecule has 3 N–H and O–H groups in total. The van der Waals surface area contributed by atoms with Gasteiger partial charge in [0.25, 0.3) is 0 Å². The Hall–Kier alpha value is -2.80. The fraction of sp³-hybridized carbons (Fsp3) is 0.810. The number of ether oxygens (including phenoxy) is 8. The van der Waals surface area contributed by atoms with Gasteiger partial charge in [-0.25, -0.2) is 0 Å². The summed E-state index contributed by atoms with van der Waals surface area (Å²) < 4.78 is 48.6. The molecule has 16 atom stereocenters. The summed E-state index contributed by atoms with van der Waals surface area (Å²) in [6.07, 6.45) is -4.11. The molecule has 58 heavy (non-hydrogen) atoms. The van der Waals surface area contributed by atoms with Gasteiger partial charge in [-0.1, -0.05) is 45.1 Å². The maximum atomic E-state index is 13.2. The molecule has 332 valence electrons. The number of rotatable bonds is 12. The molecule has 3 aliphatic heterocycles. The van der Waals surface area contributed by atoms with Crippen LogP contribution in [0, 0.1) is 17.8 Å². The van der Waals surface area contributed by atoms with Gasteiger partial charge < -0.3 is 62.9 Å². The third kappa shape index (κ3) is 14.2. The first-order chi connectivity index (χ1) is 27.2. The van der Waals surface area contributed by atoms with Crippen LogP contribution in [0.2, 0.25) is 0 Å². The monoisotopic (exact) mass is 827 g/mol. The molecule has 0 aliphatic carbocycles.